The van der Waals surface area contributed by atoms with E-state index < -0.39 is 17.4 Å². The van der Waals surface area contributed by atoms with E-state index in [1.807, 2.05) is 63.2 Å². The van der Waals surface area contributed by atoms with Crippen molar-refractivity contribution in [1.82, 2.24) is 24.6 Å². The van der Waals surface area contributed by atoms with Gasteiger partial charge in [-0.2, -0.15) is 0 Å². The number of nitrogens with one attached hydrogen (secondary N) is 2. The third kappa shape index (κ3) is 7.96. The van der Waals surface area contributed by atoms with Gasteiger partial charge in [0.05, 0.1) is 23.0 Å². The number of aromatic nitrogens is 3. The molecule has 0 spiro atoms. The number of anilines is 1. The summed E-state index contributed by atoms with van der Waals surface area (Å²) in [7, 11) is 7.15. The number of methoxy groups -OCH3 is 1. The number of amides is 2. The lowest BCUT2D eigenvalue weighted by atomic mass is 9.88. The maximum atomic E-state index is 13.7. The Bertz CT molecular complexity index is 1420. The Morgan fingerprint density at radius 1 is 1.20 bits per heavy atom. The lowest BCUT2D eigenvalue weighted by molar-refractivity contribution is -0.118. The number of benzene rings is 1. The van der Waals surface area contributed by atoms with Crippen molar-refractivity contribution in [2.24, 2.45) is 12.5 Å². The monoisotopic (exact) mass is 586 g/mol. The molecule has 0 aliphatic carbocycles. The molecule has 1 aromatic carbocycles. The SMILES string of the molecule is CCOc1ncc(Cl)cc1C(=O)NCC(C)(C)CC(=O)Nc1c(C(CN(C)C)OC)n(C)n(-c2ccccc2)c1=O. The second-order valence-corrected chi connectivity index (χ2v) is 11.2. The summed E-state index contributed by atoms with van der Waals surface area (Å²) >= 11 is 6.04. The number of para-hydroxylation sites is 1. The molecule has 2 amide bonds. The van der Waals surface area contributed by atoms with Gasteiger partial charge in [0.2, 0.25) is 11.8 Å². The Kier molecular flexibility index (Phi) is 10.7. The molecule has 1 unspecified atom stereocenters. The smallest absolute Gasteiger partial charge is 0.295 e. The number of hydrogen-bond donors (Lipinski definition) is 2. The van der Waals surface area contributed by atoms with Crippen LogP contribution in [0.15, 0.2) is 47.4 Å². The van der Waals surface area contributed by atoms with Gasteiger partial charge in [0.25, 0.3) is 11.5 Å². The van der Waals surface area contributed by atoms with E-state index in [9.17, 15) is 14.4 Å². The van der Waals surface area contributed by atoms with E-state index in [0.29, 0.717) is 29.6 Å². The van der Waals surface area contributed by atoms with Crippen molar-refractivity contribution in [3.8, 4) is 11.6 Å². The molecule has 11 nitrogen and oxygen atoms in total. The summed E-state index contributed by atoms with van der Waals surface area (Å²) in [5.74, 6) is -0.603. The van der Waals surface area contributed by atoms with E-state index in [0.717, 1.165) is 0 Å². The van der Waals surface area contributed by atoms with Crippen molar-refractivity contribution in [1.29, 1.82) is 0 Å². The van der Waals surface area contributed by atoms with Crippen LogP contribution in [0.3, 0.4) is 0 Å². The zero-order valence-corrected chi connectivity index (χ0v) is 25.4. The maximum absolute atomic E-state index is 13.7. The topological polar surface area (TPSA) is 120 Å². The fourth-order valence-corrected chi connectivity index (χ4v) is 4.67. The predicted octanol–water partition coefficient (Wildman–Crippen LogP) is 3.66. The van der Waals surface area contributed by atoms with Crippen molar-refractivity contribution in [3.63, 3.8) is 0 Å². The quantitative estimate of drug-likeness (QED) is 0.314. The van der Waals surface area contributed by atoms with Gasteiger partial charge in [0, 0.05) is 39.9 Å². The van der Waals surface area contributed by atoms with Gasteiger partial charge < -0.3 is 25.0 Å². The van der Waals surface area contributed by atoms with Crippen LogP contribution in [0.25, 0.3) is 5.69 Å². The number of carbonyl (C=O) groups is 2. The molecule has 3 rings (SSSR count). The molecule has 12 heteroatoms. The van der Waals surface area contributed by atoms with E-state index in [1.54, 1.807) is 25.8 Å². The van der Waals surface area contributed by atoms with Crippen molar-refractivity contribution >= 4 is 29.1 Å². The van der Waals surface area contributed by atoms with Gasteiger partial charge in [-0.3, -0.25) is 19.1 Å². The first-order valence-electron chi connectivity index (χ1n) is 13.3. The summed E-state index contributed by atoms with van der Waals surface area (Å²) < 4.78 is 14.4. The molecule has 0 fully saturated rings. The van der Waals surface area contributed by atoms with Gasteiger partial charge >= 0.3 is 0 Å². The molecule has 0 aliphatic heterocycles. The molecule has 2 aromatic heterocycles. The minimum absolute atomic E-state index is 0.0316. The van der Waals surface area contributed by atoms with Crippen LogP contribution >= 0.6 is 11.6 Å². The Morgan fingerprint density at radius 3 is 2.49 bits per heavy atom. The Balaban J connectivity index is 1.83. The summed E-state index contributed by atoms with van der Waals surface area (Å²) in [6.07, 6.45) is 0.957. The Labute approximate surface area is 245 Å². The van der Waals surface area contributed by atoms with Crippen LogP contribution in [-0.2, 0) is 16.6 Å². The number of carbonyl (C=O) groups excluding carboxylic acids is 2. The van der Waals surface area contributed by atoms with E-state index >= 15 is 0 Å². The summed E-state index contributed by atoms with van der Waals surface area (Å²) in [6.45, 7) is 6.50. The fourth-order valence-electron chi connectivity index (χ4n) is 4.51. The molecule has 222 valence electrons. The minimum atomic E-state index is -0.658. The summed E-state index contributed by atoms with van der Waals surface area (Å²) in [5, 5.41) is 6.01. The van der Waals surface area contributed by atoms with Crippen molar-refractivity contribution in [2.45, 2.75) is 33.3 Å². The van der Waals surface area contributed by atoms with Crippen molar-refractivity contribution in [3.05, 3.63) is 69.2 Å². The zero-order chi connectivity index (χ0) is 30.3. The lowest BCUT2D eigenvalue weighted by Crippen LogP contribution is -2.37. The minimum Gasteiger partial charge on any atom is -0.477 e. The normalized spacial score (nSPS) is 12.3. The number of ether oxygens (including phenoxy) is 2. The highest BCUT2D eigenvalue weighted by Crippen LogP contribution is 2.27. The maximum Gasteiger partial charge on any atom is 0.295 e. The van der Waals surface area contributed by atoms with E-state index in [-0.39, 0.29) is 41.6 Å². The van der Waals surface area contributed by atoms with Gasteiger partial charge in [-0.25, -0.2) is 9.67 Å². The molecule has 3 aromatic rings. The van der Waals surface area contributed by atoms with E-state index in [2.05, 4.69) is 15.6 Å². The van der Waals surface area contributed by atoms with Crippen LogP contribution < -0.4 is 20.9 Å². The largest absolute Gasteiger partial charge is 0.477 e. The Morgan fingerprint density at radius 2 is 1.88 bits per heavy atom. The summed E-state index contributed by atoms with van der Waals surface area (Å²) in [5.41, 5.74) is 0.543. The number of likely N-dealkylation sites (N-methyl/N-ethyl adjacent to an activating group) is 1. The molecule has 2 heterocycles. The van der Waals surface area contributed by atoms with Gasteiger partial charge in [0.15, 0.2) is 0 Å². The van der Waals surface area contributed by atoms with Crippen LogP contribution in [0.2, 0.25) is 5.02 Å². The van der Waals surface area contributed by atoms with Crippen LogP contribution in [0.4, 0.5) is 5.69 Å². The summed E-state index contributed by atoms with van der Waals surface area (Å²) in [4.78, 5) is 46.0. The van der Waals surface area contributed by atoms with Crippen molar-refractivity contribution in [2.75, 3.05) is 46.2 Å². The first kappa shape index (κ1) is 31.9. The highest BCUT2D eigenvalue weighted by molar-refractivity contribution is 6.30. The van der Waals surface area contributed by atoms with E-state index in [1.165, 1.54) is 16.9 Å². The molecule has 0 saturated heterocycles. The fraction of sp³-hybridized carbons (Fsp3) is 0.448. The van der Waals surface area contributed by atoms with Gasteiger partial charge in [0.1, 0.15) is 17.4 Å². The number of rotatable bonds is 13. The zero-order valence-electron chi connectivity index (χ0n) is 24.7. The molecule has 0 radical (unpaired) electrons. The molecule has 0 bridgehead atoms. The number of pyridine rings is 1. The molecule has 41 heavy (non-hydrogen) atoms. The number of hydrogen-bond acceptors (Lipinski definition) is 7. The Hall–Kier alpha value is -3.67. The van der Waals surface area contributed by atoms with Gasteiger partial charge in [-0.05, 0) is 44.6 Å². The molecular weight excluding hydrogens is 548 g/mol. The van der Waals surface area contributed by atoms with Crippen LogP contribution in [0.5, 0.6) is 5.88 Å². The standard InChI is InChI=1S/C29H39ClN6O5/c1-8-41-27-21(14-19(30)16-31-27)26(38)32-18-29(2,3)15-23(37)33-24-25(22(40-7)17-34(4)5)35(6)36(28(24)39)20-12-10-9-11-13-20/h9-14,16,22H,8,15,17-18H2,1-7H3,(H,32,38)(H,33,37). The number of nitrogens with zero attached hydrogens (tertiary/aromatic N) is 4. The van der Waals surface area contributed by atoms with Gasteiger partial charge in [-0.1, -0.05) is 43.6 Å². The summed E-state index contributed by atoms with van der Waals surface area (Å²) in [6, 6.07) is 10.7. The molecular formula is C29H39ClN6O5. The average molecular weight is 587 g/mol. The second-order valence-electron chi connectivity index (χ2n) is 10.7. The van der Waals surface area contributed by atoms with Crippen LogP contribution in [0.1, 0.15) is 49.3 Å². The molecule has 1 atom stereocenters. The highest BCUT2D eigenvalue weighted by Gasteiger charge is 2.30. The van der Waals surface area contributed by atoms with Crippen LogP contribution in [-0.4, -0.2) is 72.0 Å². The molecule has 0 saturated carbocycles. The second kappa shape index (κ2) is 13.8. The highest BCUT2D eigenvalue weighted by atomic mass is 35.5. The third-order valence-corrected chi connectivity index (χ3v) is 6.61. The van der Waals surface area contributed by atoms with Gasteiger partial charge in [-0.15, -0.1) is 0 Å². The molecule has 2 N–H and O–H groups in total. The lowest BCUT2D eigenvalue weighted by Gasteiger charge is -2.25. The average Bonchev–Trinajstić information content (AvgIpc) is 3.15. The first-order chi connectivity index (χ1) is 19.4. The third-order valence-electron chi connectivity index (χ3n) is 6.41. The van der Waals surface area contributed by atoms with Crippen molar-refractivity contribution < 1.29 is 19.1 Å². The van der Waals surface area contributed by atoms with Crippen LogP contribution in [0, 0.1) is 5.41 Å². The number of halogens is 1. The van der Waals surface area contributed by atoms with E-state index in [4.69, 9.17) is 21.1 Å². The predicted molar refractivity (Wildman–Crippen MR) is 159 cm³/mol. The molecule has 0 aliphatic rings. The first-order valence-corrected chi connectivity index (χ1v) is 13.7.